The van der Waals surface area contributed by atoms with E-state index in [9.17, 15) is 4.79 Å². The molecule has 48 valence electrons. The van der Waals surface area contributed by atoms with Crippen LogP contribution in [0, 0.1) is 0 Å². The largest absolute Gasteiger partial charge is 0.356 e. The fourth-order valence-corrected chi connectivity index (χ4v) is 1.12. The highest BCUT2D eigenvalue weighted by Gasteiger charge is 1.95. The number of aromatic amines is 1. The van der Waals surface area contributed by atoms with E-state index in [4.69, 9.17) is 0 Å². The van der Waals surface area contributed by atoms with Gasteiger partial charge in [0.15, 0.2) is 5.12 Å². The summed E-state index contributed by atoms with van der Waals surface area (Å²) in [5, 5.41) is 1.01. The van der Waals surface area contributed by atoms with Crippen molar-refractivity contribution in [2.75, 3.05) is 0 Å². The minimum Gasteiger partial charge on any atom is -0.356 e. The molecule has 0 radical (unpaired) electrons. The molecular weight excluding hydrogens is 134 g/mol. The van der Waals surface area contributed by atoms with Gasteiger partial charge in [0.1, 0.15) is 0 Å². The summed E-state index contributed by atoms with van der Waals surface area (Å²) >= 11 is 1.21. The third-order valence-electron chi connectivity index (χ3n) is 0.823. The molecule has 1 N–H and O–H groups in total. The van der Waals surface area contributed by atoms with Gasteiger partial charge in [-0.1, -0.05) is 0 Å². The summed E-state index contributed by atoms with van der Waals surface area (Å²) in [5.74, 6) is 0. The standard InChI is InChI=1S/C6H7NOS/c1-5(8)9-6-3-2-4-7-6/h2-4,7H,1H3. The van der Waals surface area contributed by atoms with E-state index >= 15 is 0 Å². The smallest absolute Gasteiger partial charge is 0.192 e. The second-order valence-electron chi connectivity index (χ2n) is 1.63. The highest BCUT2D eigenvalue weighted by molar-refractivity contribution is 8.13. The summed E-state index contributed by atoms with van der Waals surface area (Å²) in [6.45, 7) is 1.55. The van der Waals surface area contributed by atoms with E-state index in [1.807, 2.05) is 12.1 Å². The number of aromatic nitrogens is 1. The summed E-state index contributed by atoms with van der Waals surface area (Å²) in [4.78, 5) is 13.4. The number of rotatable bonds is 1. The number of carbonyl (C=O) groups excluding carboxylic acids is 1. The molecule has 0 aliphatic carbocycles. The molecule has 0 amide bonds. The topological polar surface area (TPSA) is 32.9 Å². The fraction of sp³-hybridized carbons (Fsp3) is 0.167. The van der Waals surface area contributed by atoms with Crippen molar-refractivity contribution in [3.8, 4) is 0 Å². The maximum Gasteiger partial charge on any atom is 0.192 e. The molecule has 1 aromatic heterocycles. The summed E-state index contributed by atoms with van der Waals surface area (Å²) in [5.41, 5.74) is 0. The normalized spacial score (nSPS) is 9.44. The first-order chi connectivity index (χ1) is 4.29. The first kappa shape index (κ1) is 6.42. The third kappa shape index (κ3) is 1.93. The minimum absolute atomic E-state index is 0.109. The molecule has 0 atom stereocenters. The molecule has 2 nitrogen and oxygen atoms in total. The van der Waals surface area contributed by atoms with Crippen molar-refractivity contribution in [3.05, 3.63) is 18.3 Å². The Labute approximate surface area is 57.7 Å². The Morgan fingerprint density at radius 2 is 2.56 bits per heavy atom. The van der Waals surface area contributed by atoms with Crippen LogP contribution < -0.4 is 0 Å². The highest BCUT2D eigenvalue weighted by Crippen LogP contribution is 2.14. The Bertz CT molecular complexity index is 193. The van der Waals surface area contributed by atoms with Crippen molar-refractivity contribution in [3.63, 3.8) is 0 Å². The maximum atomic E-state index is 10.5. The molecule has 3 heteroatoms. The molecule has 0 saturated carbocycles. The lowest BCUT2D eigenvalue weighted by molar-refractivity contribution is -0.109. The van der Waals surface area contributed by atoms with Gasteiger partial charge in [-0.05, 0) is 23.9 Å². The average molecular weight is 141 g/mol. The Hall–Kier alpha value is -0.700. The summed E-state index contributed by atoms with van der Waals surface area (Å²) in [6, 6.07) is 3.73. The summed E-state index contributed by atoms with van der Waals surface area (Å²) < 4.78 is 0. The lowest BCUT2D eigenvalue weighted by atomic mass is 10.7. The van der Waals surface area contributed by atoms with Gasteiger partial charge in [0.25, 0.3) is 0 Å². The van der Waals surface area contributed by atoms with E-state index in [1.165, 1.54) is 11.8 Å². The van der Waals surface area contributed by atoms with Crippen molar-refractivity contribution in [2.45, 2.75) is 11.9 Å². The van der Waals surface area contributed by atoms with Crippen LogP contribution in [0.15, 0.2) is 23.4 Å². The van der Waals surface area contributed by atoms with Gasteiger partial charge in [-0.15, -0.1) is 0 Å². The van der Waals surface area contributed by atoms with Crippen molar-refractivity contribution >= 4 is 16.9 Å². The van der Waals surface area contributed by atoms with Crippen molar-refractivity contribution in [2.24, 2.45) is 0 Å². The van der Waals surface area contributed by atoms with Gasteiger partial charge in [0, 0.05) is 13.1 Å². The second-order valence-corrected chi connectivity index (χ2v) is 2.85. The van der Waals surface area contributed by atoms with Crippen LogP contribution >= 0.6 is 11.8 Å². The summed E-state index contributed by atoms with van der Waals surface area (Å²) in [7, 11) is 0. The molecule has 1 rings (SSSR count). The molecule has 0 bridgehead atoms. The van der Waals surface area contributed by atoms with E-state index in [-0.39, 0.29) is 5.12 Å². The first-order valence-electron chi connectivity index (χ1n) is 2.61. The predicted octanol–water partition coefficient (Wildman–Crippen LogP) is 1.65. The van der Waals surface area contributed by atoms with Gasteiger partial charge in [-0.2, -0.15) is 0 Å². The monoisotopic (exact) mass is 141 g/mol. The SMILES string of the molecule is CC(=O)Sc1ccc[nH]1. The lowest BCUT2D eigenvalue weighted by Crippen LogP contribution is -1.79. The fourth-order valence-electron chi connectivity index (χ4n) is 0.532. The van der Waals surface area contributed by atoms with Crippen molar-refractivity contribution in [1.82, 2.24) is 4.98 Å². The molecule has 9 heavy (non-hydrogen) atoms. The zero-order chi connectivity index (χ0) is 6.69. The number of nitrogens with one attached hydrogen (secondary N) is 1. The van der Waals surface area contributed by atoms with Crippen LogP contribution in [0.3, 0.4) is 0 Å². The van der Waals surface area contributed by atoms with Crippen molar-refractivity contribution in [1.29, 1.82) is 0 Å². The predicted molar refractivity (Wildman–Crippen MR) is 37.3 cm³/mol. The zero-order valence-corrected chi connectivity index (χ0v) is 5.87. The van der Waals surface area contributed by atoms with Crippen LogP contribution in [0.5, 0.6) is 0 Å². The van der Waals surface area contributed by atoms with E-state index in [2.05, 4.69) is 4.98 Å². The Balaban J connectivity index is 2.58. The van der Waals surface area contributed by atoms with Gasteiger partial charge < -0.3 is 4.98 Å². The van der Waals surface area contributed by atoms with Gasteiger partial charge in [0.05, 0.1) is 5.03 Å². The molecule has 0 aromatic carbocycles. The molecule has 1 aromatic rings. The highest BCUT2D eigenvalue weighted by atomic mass is 32.2. The molecule has 0 saturated heterocycles. The Morgan fingerprint density at radius 3 is 3.00 bits per heavy atom. The number of hydrogen-bond donors (Lipinski definition) is 1. The summed E-state index contributed by atoms with van der Waals surface area (Å²) in [6.07, 6.45) is 1.80. The van der Waals surface area contributed by atoms with Gasteiger partial charge in [0.2, 0.25) is 0 Å². The number of thioether (sulfide) groups is 1. The lowest BCUT2D eigenvalue weighted by Gasteiger charge is -1.87. The zero-order valence-electron chi connectivity index (χ0n) is 5.05. The number of H-pyrrole nitrogens is 1. The van der Waals surface area contributed by atoms with E-state index in [0.717, 1.165) is 5.03 Å². The third-order valence-corrected chi connectivity index (χ3v) is 1.58. The van der Waals surface area contributed by atoms with Crippen LogP contribution in [-0.2, 0) is 4.79 Å². The average Bonchev–Trinajstić information content (AvgIpc) is 2.15. The van der Waals surface area contributed by atoms with Crippen LogP contribution in [0.4, 0.5) is 0 Å². The van der Waals surface area contributed by atoms with Crippen LogP contribution in [0.25, 0.3) is 0 Å². The molecule has 0 unspecified atom stereocenters. The van der Waals surface area contributed by atoms with E-state index < -0.39 is 0 Å². The first-order valence-corrected chi connectivity index (χ1v) is 3.42. The van der Waals surface area contributed by atoms with Gasteiger partial charge >= 0.3 is 0 Å². The molecule has 0 spiro atoms. The minimum atomic E-state index is 0.109. The van der Waals surface area contributed by atoms with Gasteiger partial charge in [-0.3, -0.25) is 4.79 Å². The number of hydrogen-bond acceptors (Lipinski definition) is 2. The van der Waals surface area contributed by atoms with E-state index in [0.29, 0.717) is 0 Å². The Morgan fingerprint density at radius 1 is 1.78 bits per heavy atom. The van der Waals surface area contributed by atoms with Crippen LogP contribution in [-0.4, -0.2) is 10.1 Å². The van der Waals surface area contributed by atoms with Crippen LogP contribution in [0.1, 0.15) is 6.92 Å². The molecule has 0 aliphatic rings. The molecule has 1 heterocycles. The molecular formula is C6H7NOS. The maximum absolute atomic E-state index is 10.5. The second kappa shape index (κ2) is 2.73. The van der Waals surface area contributed by atoms with E-state index in [1.54, 1.807) is 13.1 Å². The number of carbonyl (C=O) groups is 1. The van der Waals surface area contributed by atoms with Crippen molar-refractivity contribution < 1.29 is 4.79 Å². The molecule has 0 fully saturated rings. The molecule has 0 aliphatic heterocycles. The quantitative estimate of drug-likeness (QED) is 0.603. The Kier molecular flexibility index (Phi) is 1.95. The van der Waals surface area contributed by atoms with Gasteiger partial charge in [-0.25, -0.2) is 0 Å². The van der Waals surface area contributed by atoms with Crippen LogP contribution in [0.2, 0.25) is 0 Å².